The van der Waals surface area contributed by atoms with Crippen molar-refractivity contribution in [3.8, 4) is 0 Å². The number of aliphatic hydroxyl groups is 1. The molecule has 0 heterocycles. The molecular formula is C18H28N2O3. The number of aliphatic hydroxyl groups excluding tert-OH is 1. The summed E-state index contributed by atoms with van der Waals surface area (Å²) in [5.41, 5.74) is 1.77. The topological polar surface area (TPSA) is 70.6 Å². The molecule has 1 aliphatic carbocycles. The number of nitrogens with one attached hydrogen (secondary N) is 2. The van der Waals surface area contributed by atoms with Crippen LogP contribution in [-0.2, 0) is 4.74 Å². The largest absolute Gasteiger partial charge is 0.396 e. The maximum Gasteiger partial charge on any atom is 0.319 e. The van der Waals surface area contributed by atoms with Crippen molar-refractivity contribution in [1.29, 1.82) is 0 Å². The van der Waals surface area contributed by atoms with Crippen molar-refractivity contribution in [2.45, 2.75) is 51.2 Å². The van der Waals surface area contributed by atoms with Gasteiger partial charge in [-0.25, -0.2) is 4.79 Å². The SMILES string of the molecule is COC(C)c1cccc(NC(=O)NC2CCCCCC2CO)c1. The van der Waals surface area contributed by atoms with Crippen LogP contribution in [0.4, 0.5) is 10.5 Å². The van der Waals surface area contributed by atoms with Gasteiger partial charge in [0.2, 0.25) is 0 Å². The molecule has 5 heteroatoms. The molecule has 0 aliphatic heterocycles. The van der Waals surface area contributed by atoms with E-state index in [1.54, 1.807) is 7.11 Å². The molecule has 0 bridgehead atoms. The second-order valence-corrected chi connectivity index (χ2v) is 6.29. The van der Waals surface area contributed by atoms with Gasteiger partial charge in [-0.1, -0.05) is 31.4 Å². The Morgan fingerprint density at radius 1 is 1.35 bits per heavy atom. The van der Waals surface area contributed by atoms with Crippen LogP contribution in [-0.4, -0.2) is 30.9 Å². The lowest BCUT2D eigenvalue weighted by Crippen LogP contribution is -2.43. The average molecular weight is 320 g/mol. The Hall–Kier alpha value is -1.59. The number of amides is 2. The summed E-state index contributed by atoms with van der Waals surface area (Å²) in [6, 6.07) is 7.50. The number of hydrogen-bond donors (Lipinski definition) is 3. The lowest BCUT2D eigenvalue weighted by molar-refractivity contribution is 0.119. The first-order valence-corrected chi connectivity index (χ1v) is 8.45. The van der Waals surface area contributed by atoms with E-state index in [0.29, 0.717) is 0 Å². The molecule has 0 spiro atoms. The molecule has 1 aromatic carbocycles. The lowest BCUT2D eigenvalue weighted by atomic mass is 9.96. The molecule has 3 unspecified atom stereocenters. The number of ether oxygens (including phenoxy) is 1. The van der Waals surface area contributed by atoms with Crippen molar-refractivity contribution < 1.29 is 14.6 Å². The maximum atomic E-state index is 12.3. The number of benzene rings is 1. The van der Waals surface area contributed by atoms with E-state index in [0.717, 1.165) is 36.9 Å². The van der Waals surface area contributed by atoms with Gasteiger partial charge in [-0.05, 0) is 37.5 Å². The van der Waals surface area contributed by atoms with Crippen molar-refractivity contribution in [2.75, 3.05) is 19.0 Å². The lowest BCUT2D eigenvalue weighted by Gasteiger charge is -2.24. The Bertz CT molecular complexity index is 507. The number of anilines is 1. The van der Waals surface area contributed by atoms with Crippen molar-refractivity contribution in [3.05, 3.63) is 29.8 Å². The summed E-state index contributed by atoms with van der Waals surface area (Å²) < 4.78 is 5.30. The zero-order valence-electron chi connectivity index (χ0n) is 14.0. The van der Waals surface area contributed by atoms with E-state index < -0.39 is 0 Å². The molecule has 2 amide bonds. The van der Waals surface area contributed by atoms with Crippen LogP contribution in [0.3, 0.4) is 0 Å². The normalized spacial score (nSPS) is 22.9. The zero-order chi connectivity index (χ0) is 16.7. The van der Waals surface area contributed by atoms with Gasteiger partial charge in [0.25, 0.3) is 0 Å². The Morgan fingerprint density at radius 3 is 2.87 bits per heavy atom. The molecule has 0 radical (unpaired) electrons. The van der Waals surface area contributed by atoms with Crippen molar-refractivity contribution in [2.24, 2.45) is 5.92 Å². The maximum absolute atomic E-state index is 12.3. The minimum Gasteiger partial charge on any atom is -0.396 e. The highest BCUT2D eigenvalue weighted by atomic mass is 16.5. The molecule has 128 valence electrons. The highest BCUT2D eigenvalue weighted by Crippen LogP contribution is 2.23. The van der Waals surface area contributed by atoms with Crippen LogP contribution < -0.4 is 10.6 Å². The van der Waals surface area contributed by atoms with E-state index >= 15 is 0 Å². The highest BCUT2D eigenvalue weighted by Gasteiger charge is 2.24. The van der Waals surface area contributed by atoms with Gasteiger partial charge in [-0.15, -0.1) is 0 Å². The summed E-state index contributed by atoms with van der Waals surface area (Å²) >= 11 is 0. The smallest absolute Gasteiger partial charge is 0.319 e. The van der Waals surface area contributed by atoms with Crippen molar-refractivity contribution >= 4 is 11.7 Å². The van der Waals surface area contributed by atoms with Gasteiger partial charge in [-0.2, -0.15) is 0 Å². The number of carbonyl (C=O) groups is 1. The van der Waals surface area contributed by atoms with Gasteiger partial charge in [-0.3, -0.25) is 0 Å². The Labute approximate surface area is 138 Å². The molecule has 1 aliphatic rings. The average Bonchev–Trinajstić information content (AvgIpc) is 2.79. The number of hydrogen-bond acceptors (Lipinski definition) is 3. The van der Waals surface area contributed by atoms with Crippen LogP contribution in [0, 0.1) is 5.92 Å². The fraction of sp³-hybridized carbons (Fsp3) is 0.611. The third kappa shape index (κ3) is 5.22. The first-order chi connectivity index (χ1) is 11.1. The van der Waals surface area contributed by atoms with Gasteiger partial charge in [0.1, 0.15) is 0 Å². The molecule has 1 aromatic rings. The van der Waals surface area contributed by atoms with E-state index in [1.807, 2.05) is 31.2 Å². The van der Waals surface area contributed by atoms with Gasteiger partial charge >= 0.3 is 6.03 Å². The standard InChI is InChI=1S/C18H28N2O3/c1-13(23-2)14-8-6-9-16(11-14)19-18(22)20-17-10-5-3-4-7-15(17)12-21/h6,8-9,11,13,15,17,21H,3-5,7,10,12H2,1-2H3,(H2,19,20,22). The predicted octanol–water partition coefficient (Wildman–Crippen LogP) is 3.46. The number of rotatable bonds is 5. The van der Waals surface area contributed by atoms with Crippen LogP contribution in [0.15, 0.2) is 24.3 Å². The van der Waals surface area contributed by atoms with Crippen LogP contribution in [0.1, 0.15) is 50.7 Å². The third-order valence-electron chi connectivity index (χ3n) is 4.68. The summed E-state index contributed by atoms with van der Waals surface area (Å²) in [6.45, 7) is 2.10. The monoisotopic (exact) mass is 320 g/mol. The van der Waals surface area contributed by atoms with E-state index in [1.165, 1.54) is 6.42 Å². The molecule has 0 aromatic heterocycles. The number of carbonyl (C=O) groups excluding carboxylic acids is 1. The second-order valence-electron chi connectivity index (χ2n) is 6.29. The quantitative estimate of drug-likeness (QED) is 0.728. The highest BCUT2D eigenvalue weighted by molar-refractivity contribution is 5.89. The number of methoxy groups -OCH3 is 1. The van der Waals surface area contributed by atoms with Gasteiger partial charge in [0, 0.05) is 31.4 Å². The van der Waals surface area contributed by atoms with Crippen LogP contribution in [0.25, 0.3) is 0 Å². The molecule has 23 heavy (non-hydrogen) atoms. The molecule has 5 nitrogen and oxygen atoms in total. The molecule has 1 saturated carbocycles. The number of urea groups is 1. The van der Waals surface area contributed by atoms with E-state index in [9.17, 15) is 9.90 Å². The molecule has 2 rings (SSSR count). The minimum absolute atomic E-state index is 0.0135. The fourth-order valence-electron chi connectivity index (χ4n) is 3.13. The summed E-state index contributed by atoms with van der Waals surface area (Å²) in [6.07, 6.45) is 5.29. The third-order valence-corrected chi connectivity index (χ3v) is 4.68. The molecule has 3 N–H and O–H groups in total. The van der Waals surface area contributed by atoms with Crippen LogP contribution >= 0.6 is 0 Å². The van der Waals surface area contributed by atoms with E-state index in [4.69, 9.17) is 4.74 Å². The van der Waals surface area contributed by atoms with Gasteiger partial charge < -0.3 is 20.5 Å². The first-order valence-electron chi connectivity index (χ1n) is 8.45. The summed E-state index contributed by atoms with van der Waals surface area (Å²) in [5.74, 6) is 0.156. The predicted molar refractivity (Wildman–Crippen MR) is 91.5 cm³/mol. The molecule has 3 atom stereocenters. The van der Waals surface area contributed by atoms with Crippen molar-refractivity contribution in [3.63, 3.8) is 0 Å². The van der Waals surface area contributed by atoms with E-state index in [2.05, 4.69) is 10.6 Å². The van der Waals surface area contributed by atoms with Crippen molar-refractivity contribution in [1.82, 2.24) is 5.32 Å². The fourth-order valence-corrected chi connectivity index (χ4v) is 3.13. The zero-order valence-corrected chi connectivity index (χ0v) is 14.0. The van der Waals surface area contributed by atoms with E-state index in [-0.39, 0.29) is 30.7 Å². The molecule has 1 fully saturated rings. The molecular weight excluding hydrogens is 292 g/mol. The van der Waals surface area contributed by atoms with Crippen LogP contribution in [0.2, 0.25) is 0 Å². The Kier molecular flexibility index (Phi) is 6.86. The van der Waals surface area contributed by atoms with Gasteiger partial charge in [0.15, 0.2) is 0 Å². The van der Waals surface area contributed by atoms with Gasteiger partial charge in [0.05, 0.1) is 6.10 Å². The molecule has 0 saturated heterocycles. The summed E-state index contributed by atoms with van der Waals surface area (Å²) in [4.78, 5) is 12.3. The van der Waals surface area contributed by atoms with Crippen LogP contribution in [0.5, 0.6) is 0 Å². The Balaban J connectivity index is 1.95. The summed E-state index contributed by atoms with van der Waals surface area (Å²) in [5, 5.41) is 15.4. The summed E-state index contributed by atoms with van der Waals surface area (Å²) in [7, 11) is 1.67. The first kappa shape index (κ1) is 17.8. The second kappa shape index (κ2) is 8.89. The minimum atomic E-state index is -0.211. The Morgan fingerprint density at radius 2 is 2.13 bits per heavy atom.